The van der Waals surface area contributed by atoms with Crippen LogP contribution in [-0.4, -0.2) is 33.4 Å². The highest BCUT2D eigenvalue weighted by atomic mass is 16.2. The summed E-state index contributed by atoms with van der Waals surface area (Å²) in [5.41, 5.74) is 1.33. The lowest BCUT2D eigenvalue weighted by Crippen LogP contribution is -2.42. The molecule has 1 aromatic carbocycles. The van der Waals surface area contributed by atoms with E-state index in [1.165, 1.54) is 17.0 Å². The van der Waals surface area contributed by atoms with Crippen molar-refractivity contribution in [2.75, 3.05) is 13.1 Å². The van der Waals surface area contributed by atoms with Gasteiger partial charge in [-0.2, -0.15) is 0 Å². The second-order valence-electron chi connectivity index (χ2n) is 6.19. The lowest BCUT2D eigenvalue weighted by Gasteiger charge is -2.31. The number of carbonyl (C=O) groups is 1. The summed E-state index contributed by atoms with van der Waals surface area (Å²) in [5.74, 6) is 0.524. The number of likely N-dealkylation sites (tertiary alicyclic amines) is 1. The first kappa shape index (κ1) is 15.5. The minimum absolute atomic E-state index is 0.00656. The van der Waals surface area contributed by atoms with Crippen molar-refractivity contribution in [3.8, 4) is 11.3 Å². The molecule has 0 radical (unpaired) electrons. The average molecular weight is 311 g/mol. The Morgan fingerprint density at radius 1 is 1.30 bits per heavy atom. The molecule has 1 saturated heterocycles. The van der Waals surface area contributed by atoms with Crippen LogP contribution in [0.1, 0.15) is 19.8 Å². The number of amides is 1. The Bertz CT molecular complexity index is 739. The van der Waals surface area contributed by atoms with E-state index in [1.54, 1.807) is 0 Å². The maximum atomic E-state index is 12.4. The van der Waals surface area contributed by atoms with Crippen LogP contribution in [0.25, 0.3) is 11.3 Å². The number of hydrogen-bond donors (Lipinski definition) is 0. The molecule has 0 aliphatic carbocycles. The molecule has 3 rings (SSSR count). The largest absolute Gasteiger partial charge is 0.341 e. The van der Waals surface area contributed by atoms with E-state index in [-0.39, 0.29) is 18.0 Å². The molecule has 1 aliphatic heterocycles. The zero-order valence-corrected chi connectivity index (χ0v) is 13.3. The predicted molar refractivity (Wildman–Crippen MR) is 88.9 cm³/mol. The lowest BCUT2D eigenvalue weighted by atomic mass is 10.0. The van der Waals surface area contributed by atoms with Crippen molar-refractivity contribution < 1.29 is 4.79 Å². The molecular weight excluding hydrogens is 290 g/mol. The van der Waals surface area contributed by atoms with Gasteiger partial charge in [0.05, 0.1) is 12.0 Å². The van der Waals surface area contributed by atoms with Crippen LogP contribution in [-0.2, 0) is 11.3 Å². The van der Waals surface area contributed by atoms with Crippen LogP contribution in [0.3, 0.4) is 0 Å². The SMILES string of the molecule is CC1CCCN(C(=O)Cn2cnc(-c3ccccc3)cc2=O)C1. The van der Waals surface area contributed by atoms with E-state index >= 15 is 0 Å². The number of benzene rings is 1. The van der Waals surface area contributed by atoms with Gasteiger partial charge in [-0.15, -0.1) is 0 Å². The van der Waals surface area contributed by atoms with Gasteiger partial charge >= 0.3 is 0 Å². The van der Waals surface area contributed by atoms with Crippen LogP contribution in [0.5, 0.6) is 0 Å². The summed E-state index contributed by atoms with van der Waals surface area (Å²) in [6, 6.07) is 11.0. The molecule has 0 saturated carbocycles. The third-order valence-corrected chi connectivity index (χ3v) is 4.26. The van der Waals surface area contributed by atoms with Gasteiger partial charge in [-0.1, -0.05) is 37.3 Å². The van der Waals surface area contributed by atoms with Gasteiger partial charge in [0, 0.05) is 24.7 Å². The maximum Gasteiger partial charge on any atom is 0.254 e. The summed E-state index contributed by atoms with van der Waals surface area (Å²) in [6.07, 6.45) is 3.67. The monoisotopic (exact) mass is 311 g/mol. The van der Waals surface area contributed by atoms with E-state index in [9.17, 15) is 9.59 Å². The van der Waals surface area contributed by atoms with Crippen molar-refractivity contribution in [2.45, 2.75) is 26.3 Å². The zero-order valence-electron chi connectivity index (χ0n) is 13.3. The molecule has 23 heavy (non-hydrogen) atoms. The molecule has 1 amide bonds. The standard InChI is InChI=1S/C18H21N3O2/c1-14-6-5-9-20(11-14)18(23)12-21-13-19-16(10-17(21)22)15-7-3-2-4-8-15/h2-4,7-8,10,13-14H,5-6,9,11-12H2,1H3. The minimum atomic E-state index is -0.197. The van der Waals surface area contributed by atoms with Crippen LogP contribution >= 0.6 is 0 Å². The third kappa shape index (κ3) is 3.67. The van der Waals surface area contributed by atoms with Gasteiger partial charge in [0.1, 0.15) is 6.54 Å². The molecule has 1 atom stereocenters. The topological polar surface area (TPSA) is 55.2 Å². The molecule has 0 N–H and O–H groups in total. The highest BCUT2D eigenvalue weighted by molar-refractivity contribution is 5.76. The van der Waals surface area contributed by atoms with E-state index in [4.69, 9.17) is 0 Å². The summed E-state index contributed by atoms with van der Waals surface area (Å²) in [6.45, 7) is 3.78. The molecule has 1 fully saturated rings. The molecule has 120 valence electrons. The molecule has 2 aromatic rings. The van der Waals surface area contributed by atoms with E-state index in [2.05, 4.69) is 11.9 Å². The molecule has 5 heteroatoms. The van der Waals surface area contributed by atoms with Crippen molar-refractivity contribution in [1.82, 2.24) is 14.5 Å². The molecule has 0 bridgehead atoms. The average Bonchev–Trinajstić information content (AvgIpc) is 2.57. The molecule has 2 heterocycles. The van der Waals surface area contributed by atoms with Gasteiger partial charge in [0.15, 0.2) is 0 Å². The zero-order chi connectivity index (χ0) is 16.2. The van der Waals surface area contributed by atoms with Gasteiger partial charge in [-0.3, -0.25) is 14.2 Å². The summed E-state index contributed by atoms with van der Waals surface area (Å²) >= 11 is 0. The minimum Gasteiger partial charge on any atom is -0.341 e. The Hall–Kier alpha value is -2.43. The number of rotatable bonds is 3. The van der Waals surface area contributed by atoms with Crippen LogP contribution in [0.15, 0.2) is 47.5 Å². The summed E-state index contributed by atoms with van der Waals surface area (Å²) in [5, 5.41) is 0. The second kappa shape index (κ2) is 6.77. The van der Waals surface area contributed by atoms with E-state index in [1.807, 2.05) is 35.2 Å². The summed E-state index contributed by atoms with van der Waals surface area (Å²) in [7, 11) is 0. The van der Waals surface area contributed by atoms with Crippen LogP contribution in [0.2, 0.25) is 0 Å². The fourth-order valence-electron chi connectivity index (χ4n) is 2.97. The Morgan fingerprint density at radius 2 is 2.09 bits per heavy atom. The van der Waals surface area contributed by atoms with E-state index in [0.29, 0.717) is 11.6 Å². The number of aromatic nitrogens is 2. The highest BCUT2D eigenvalue weighted by Gasteiger charge is 2.21. The molecule has 1 unspecified atom stereocenters. The number of piperidine rings is 1. The number of carbonyl (C=O) groups excluding carboxylic acids is 1. The van der Waals surface area contributed by atoms with Crippen molar-refractivity contribution >= 4 is 5.91 Å². The molecule has 5 nitrogen and oxygen atoms in total. The normalized spacial score (nSPS) is 18.0. The maximum absolute atomic E-state index is 12.4. The fraction of sp³-hybridized carbons (Fsp3) is 0.389. The molecule has 1 aromatic heterocycles. The first-order chi connectivity index (χ1) is 11.1. The first-order valence-electron chi connectivity index (χ1n) is 8.03. The Kier molecular flexibility index (Phi) is 4.55. The molecule has 1 aliphatic rings. The third-order valence-electron chi connectivity index (χ3n) is 4.26. The Balaban J connectivity index is 1.74. The van der Waals surface area contributed by atoms with Gasteiger partial charge in [-0.25, -0.2) is 4.98 Å². The summed E-state index contributed by atoms with van der Waals surface area (Å²) < 4.78 is 1.38. The van der Waals surface area contributed by atoms with Crippen molar-refractivity contribution in [2.24, 2.45) is 5.92 Å². The van der Waals surface area contributed by atoms with E-state index in [0.717, 1.165) is 31.5 Å². The number of hydrogen-bond acceptors (Lipinski definition) is 3. The van der Waals surface area contributed by atoms with E-state index < -0.39 is 0 Å². The lowest BCUT2D eigenvalue weighted by molar-refractivity contribution is -0.133. The van der Waals surface area contributed by atoms with Gasteiger partial charge in [0.25, 0.3) is 5.56 Å². The Morgan fingerprint density at radius 3 is 2.78 bits per heavy atom. The second-order valence-corrected chi connectivity index (χ2v) is 6.19. The predicted octanol–water partition coefficient (Wildman–Crippen LogP) is 2.17. The van der Waals surface area contributed by atoms with Gasteiger partial charge in [-0.05, 0) is 18.8 Å². The fourth-order valence-corrected chi connectivity index (χ4v) is 2.97. The van der Waals surface area contributed by atoms with Gasteiger partial charge in [0.2, 0.25) is 5.91 Å². The number of nitrogens with zero attached hydrogens (tertiary/aromatic N) is 3. The quantitative estimate of drug-likeness (QED) is 0.873. The molecule has 0 spiro atoms. The summed E-state index contributed by atoms with van der Waals surface area (Å²) in [4.78, 5) is 30.8. The Labute approximate surface area is 135 Å². The highest BCUT2D eigenvalue weighted by Crippen LogP contribution is 2.16. The van der Waals surface area contributed by atoms with Crippen molar-refractivity contribution in [3.05, 3.63) is 53.1 Å². The van der Waals surface area contributed by atoms with Crippen LogP contribution in [0.4, 0.5) is 0 Å². The smallest absolute Gasteiger partial charge is 0.254 e. The van der Waals surface area contributed by atoms with Crippen LogP contribution < -0.4 is 5.56 Å². The first-order valence-corrected chi connectivity index (χ1v) is 8.03. The molecular formula is C18H21N3O2. The van der Waals surface area contributed by atoms with Crippen molar-refractivity contribution in [1.29, 1.82) is 0 Å². The van der Waals surface area contributed by atoms with Crippen LogP contribution in [0, 0.1) is 5.92 Å². The van der Waals surface area contributed by atoms with Gasteiger partial charge < -0.3 is 4.90 Å². The van der Waals surface area contributed by atoms with Crippen molar-refractivity contribution in [3.63, 3.8) is 0 Å².